The van der Waals surface area contributed by atoms with Crippen molar-refractivity contribution >= 4 is 21.8 Å². The fourth-order valence-electron chi connectivity index (χ4n) is 3.08. The van der Waals surface area contributed by atoms with Crippen molar-refractivity contribution in [3.05, 3.63) is 52.8 Å². The minimum atomic E-state index is -0.983. The summed E-state index contributed by atoms with van der Waals surface area (Å²) in [4.78, 5) is 14.7. The Bertz CT molecular complexity index is 675. The van der Waals surface area contributed by atoms with E-state index < -0.39 is 5.54 Å². The van der Waals surface area contributed by atoms with Gasteiger partial charge in [-0.3, -0.25) is 9.48 Å². The zero-order valence-corrected chi connectivity index (χ0v) is 14.7. The van der Waals surface area contributed by atoms with Crippen LogP contribution >= 0.6 is 15.9 Å². The maximum absolute atomic E-state index is 12.8. The van der Waals surface area contributed by atoms with Crippen molar-refractivity contribution in [3.8, 4) is 0 Å². The summed E-state index contributed by atoms with van der Waals surface area (Å²) in [5, 5.41) is 4.35. The van der Waals surface area contributed by atoms with E-state index in [1.165, 1.54) is 0 Å². The predicted molar refractivity (Wildman–Crippen MR) is 92.8 cm³/mol. The van der Waals surface area contributed by atoms with Gasteiger partial charge < -0.3 is 10.6 Å². The number of carbonyl (C=O) groups excluding carboxylic acids is 1. The fourth-order valence-corrected chi connectivity index (χ4v) is 3.39. The van der Waals surface area contributed by atoms with Gasteiger partial charge in [0, 0.05) is 19.3 Å². The molecule has 0 aliphatic carbocycles. The van der Waals surface area contributed by atoms with Gasteiger partial charge in [-0.1, -0.05) is 30.3 Å². The van der Waals surface area contributed by atoms with Crippen LogP contribution in [0.15, 0.2) is 47.2 Å². The number of hydrogen-bond donors (Lipinski definition) is 1. The first kappa shape index (κ1) is 16.2. The number of nitrogens with zero attached hydrogens (tertiary/aromatic N) is 3. The van der Waals surface area contributed by atoms with Gasteiger partial charge in [-0.05, 0) is 41.3 Å². The van der Waals surface area contributed by atoms with Crippen LogP contribution in [0.1, 0.15) is 31.4 Å². The molecule has 1 saturated heterocycles. The quantitative estimate of drug-likeness (QED) is 0.895. The lowest BCUT2D eigenvalue weighted by molar-refractivity contribution is -0.138. The minimum Gasteiger partial charge on any atom is -0.341 e. The SMILES string of the molecule is CC(N)(C(=O)N1CCC(n2cc(Br)cn2)CC1)c1ccccc1. The summed E-state index contributed by atoms with van der Waals surface area (Å²) in [5.41, 5.74) is 6.21. The lowest BCUT2D eigenvalue weighted by Gasteiger charge is -2.37. The van der Waals surface area contributed by atoms with E-state index in [0.717, 1.165) is 22.9 Å². The van der Waals surface area contributed by atoms with Gasteiger partial charge in [0.1, 0.15) is 5.54 Å². The Hall–Kier alpha value is -1.66. The van der Waals surface area contributed by atoms with Crippen molar-refractivity contribution in [2.24, 2.45) is 5.73 Å². The molecular weight excluding hydrogens is 356 g/mol. The smallest absolute Gasteiger partial charge is 0.246 e. The van der Waals surface area contributed by atoms with Gasteiger partial charge in [-0.15, -0.1) is 0 Å². The predicted octanol–water partition coefficient (Wildman–Crippen LogP) is 2.68. The Morgan fingerprint density at radius 1 is 1.30 bits per heavy atom. The second-order valence-corrected chi connectivity index (χ2v) is 7.15. The molecule has 0 saturated carbocycles. The third-order valence-electron chi connectivity index (χ3n) is 4.51. The highest BCUT2D eigenvalue weighted by atomic mass is 79.9. The van der Waals surface area contributed by atoms with Gasteiger partial charge in [0.15, 0.2) is 0 Å². The molecule has 5 nitrogen and oxygen atoms in total. The van der Waals surface area contributed by atoms with Gasteiger partial charge in [0.05, 0.1) is 16.7 Å². The third-order valence-corrected chi connectivity index (χ3v) is 4.92. The molecule has 1 aromatic carbocycles. The van der Waals surface area contributed by atoms with Crippen LogP contribution in [0.5, 0.6) is 0 Å². The van der Waals surface area contributed by atoms with E-state index in [1.54, 1.807) is 13.1 Å². The van der Waals surface area contributed by atoms with Crippen molar-refractivity contribution < 1.29 is 4.79 Å². The molecule has 1 atom stereocenters. The van der Waals surface area contributed by atoms with E-state index in [2.05, 4.69) is 21.0 Å². The highest BCUT2D eigenvalue weighted by Gasteiger charge is 2.36. The van der Waals surface area contributed by atoms with Gasteiger partial charge >= 0.3 is 0 Å². The normalized spacial score (nSPS) is 18.7. The Morgan fingerprint density at radius 3 is 2.52 bits per heavy atom. The molecule has 2 heterocycles. The lowest BCUT2D eigenvalue weighted by Crippen LogP contribution is -2.53. The van der Waals surface area contributed by atoms with E-state index in [-0.39, 0.29) is 5.91 Å². The molecule has 2 N–H and O–H groups in total. The summed E-state index contributed by atoms with van der Waals surface area (Å²) >= 11 is 3.42. The van der Waals surface area contributed by atoms with Crippen molar-refractivity contribution in [2.75, 3.05) is 13.1 Å². The molecule has 3 rings (SSSR count). The summed E-state index contributed by atoms with van der Waals surface area (Å²) in [7, 11) is 0. The molecule has 0 bridgehead atoms. The number of nitrogens with two attached hydrogens (primary N) is 1. The highest BCUT2D eigenvalue weighted by molar-refractivity contribution is 9.10. The molecule has 6 heteroatoms. The second-order valence-electron chi connectivity index (χ2n) is 6.23. The summed E-state index contributed by atoms with van der Waals surface area (Å²) in [6, 6.07) is 9.91. The number of piperidine rings is 1. The standard InChI is InChI=1S/C17H21BrN4O/c1-17(19,13-5-3-2-4-6-13)16(23)21-9-7-15(8-10-21)22-12-14(18)11-20-22/h2-6,11-12,15H,7-10,19H2,1H3. The van der Waals surface area contributed by atoms with Crippen molar-refractivity contribution in [2.45, 2.75) is 31.3 Å². The van der Waals surface area contributed by atoms with Crippen LogP contribution in [0, 0.1) is 0 Å². The largest absolute Gasteiger partial charge is 0.341 e. The zero-order valence-electron chi connectivity index (χ0n) is 13.2. The molecule has 0 radical (unpaired) electrons. The first-order valence-electron chi connectivity index (χ1n) is 7.82. The molecule has 1 aromatic heterocycles. The highest BCUT2D eigenvalue weighted by Crippen LogP contribution is 2.27. The molecule has 1 amide bonds. The first-order valence-corrected chi connectivity index (χ1v) is 8.61. The summed E-state index contributed by atoms with van der Waals surface area (Å²) in [6.45, 7) is 3.21. The molecular formula is C17H21BrN4O. The Morgan fingerprint density at radius 2 is 1.96 bits per heavy atom. The summed E-state index contributed by atoms with van der Waals surface area (Å²) in [6.07, 6.45) is 5.57. The van der Waals surface area contributed by atoms with E-state index >= 15 is 0 Å². The molecule has 23 heavy (non-hydrogen) atoms. The number of likely N-dealkylation sites (tertiary alicyclic amines) is 1. The number of aromatic nitrogens is 2. The van der Waals surface area contributed by atoms with Crippen LogP contribution in [0.25, 0.3) is 0 Å². The van der Waals surface area contributed by atoms with Crippen LogP contribution < -0.4 is 5.73 Å². The monoisotopic (exact) mass is 376 g/mol. The number of amides is 1. The molecule has 0 spiro atoms. The first-order chi connectivity index (χ1) is 11.0. The zero-order chi connectivity index (χ0) is 16.4. The summed E-state index contributed by atoms with van der Waals surface area (Å²) < 4.78 is 2.96. The Balaban J connectivity index is 1.66. The van der Waals surface area contributed by atoms with Gasteiger partial charge in [-0.25, -0.2) is 0 Å². The van der Waals surface area contributed by atoms with Crippen molar-refractivity contribution in [3.63, 3.8) is 0 Å². The maximum atomic E-state index is 12.8. The van der Waals surface area contributed by atoms with Crippen molar-refractivity contribution in [1.29, 1.82) is 0 Å². The van der Waals surface area contributed by atoms with Crippen LogP contribution in [-0.4, -0.2) is 33.7 Å². The van der Waals surface area contributed by atoms with Crippen LogP contribution in [0.3, 0.4) is 0 Å². The van der Waals surface area contributed by atoms with Crippen LogP contribution in [0.2, 0.25) is 0 Å². The number of hydrogen-bond acceptors (Lipinski definition) is 3. The van der Waals surface area contributed by atoms with Gasteiger partial charge in [-0.2, -0.15) is 5.10 Å². The molecule has 1 aliphatic heterocycles. The second kappa shape index (κ2) is 6.45. The number of carbonyl (C=O) groups is 1. The molecule has 1 unspecified atom stereocenters. The average Bonchev–Trinajstić information content (AvgIpc) is 3.01. The lowest BCUT2D eigenvalue weighted by atomic mass is 9.90. The van der Waals surface area contributed by atoms with E-state index in [1.807, 2.05) is 46.1 Å². The summed E-state index contributed by atoms with van der Waals surface area (Å²) in [5.74, 6) is -0.0104. The van der Waals surface area contributed by atoms with E-state index in [4.69, 9.17) is 5.73 Å². The molecule has 1 aliphatic rings. The Labute approximate surface area is 144 Å². The van der Waals surface area contributed by atoms with Crippen LogP contribution in [0.4, 0.5) is 0 Å². The number of benzene rings is 1. The van der Waals surface area contributed by atoms with E-state index in [9.17, 15) is 4.79 Å². The Kier molecular flexibility index (Phi) is 4.55. The van der Waals surface area contributed by atoms with Crippen molar-refractivity contribution in [1.82, 2.24) is 14.7 Å². The third kappa shape index (κ3) is 3.33. The molecule has 2 aromatic rings. The van der Waals surface area contributed by atoms with E-state index in [0.29, 0.717) is 19.1 Å². The van der Waals surface area contributed by atoms with Gasteiger partial charge in [0.25, 0.3) is 0 Å². The average molecular weight is 377 g/mol. The topological polar surface area (TPSA) is 64.2 Å². The molecule has 122 valence electrons. The number of rotatable bonds is 3. The maximum Gasteiger partial charge on any atom is 0.246 e. The number of halogens is 1. The van der Waals surface area contributed by atoms with Crippen LogP contribution in [-0.2, 0) is 10.3 Å². The fraction of sp³-hybridized carbons (Fsp3) is 0.412. The van der Waals surface area contributed by atoms with Gasteiger partial charge in [0.2, 0.25) is 5.91 Å². The molecule has 1 fully saturated rings. The minimum absolute atomic E-state index is 0.0104.